The summed E-state index contributed by atoms with van der Waals surface area (Å²) in [6, 6.07) is 38.4. The molecule has 1 nitrogen and oxygen atoms in total. The molecule has 4 aromatic carbocycles. The Morgan fingerprint density at radius 1 is 0.794 bits per heavy atom. The average molecular weight is 846 g/mol. The van der Waals surface area contributed by atoms with Crippen LogP contribution in [0.4, 0.5) is 5.69 Å². The van der Waals surface area contributed by atoms with Gasteiger partial charge in [0, 0.05) is 32.9 Å². The molecule has 0 amide bonds. The highest BCUT2D eigenvalue weighted by Crippen LogP contribution is 2.58. The van der Waals surface area contributed by atoms with E-state index in [1.807, 2.05) is 25.2 Å². The highest BCUT2D eigenvalue weighted by molar-refractivity contribution is 7.20. The van der Waals surface area contributed by atoms with Crippen LogP contribution in [-0.2, 0) is 5.41 Å². The molecule has 0 saturated carbocycles. The SMILES string of the molecule is C/C=C\C1=C(C)c2ccc(N(C\C=C/C(=C\C)C(/C)=C/C)C3=CCC=C4C(=C3)C(C)(C)C(C)=C4c3sc4ccccc4c3C)cc2C1(c1ccccc1)c1ccccc1.C=C.CC. The summed E-state index contributed by atoms with van der Waals surface area (Å²) in [4.78, 5) is 3.96. The molecule has 63 heavy (non-hydrogen) atoms. The Labute approximate surface area is 384 Å². The van der Waals surface area contributed by atoms with Crippen molar-refractivity contribution in [3.8, 4) is 0 Å². The quantitative estimate of drug-likeness (QED) is 0.1000. The number of benzene rings is 4. The lowest BCUT2D eigenvalue weighted by molar-refractivity contribution is 0.565. The normalized spacial score (nSPS) is 16.8. The van der Waals surface area contributed by atoms with Gasteiger partial charge in [-0.2, -0.15) is 0 Å². The first-order chi connectivity index (χ1) is 30.6. The lowest BCUT2D eigenvalue weighted by Gasteiger charge is -2.36. The fraction of sp³-hybridized carbons (Fsp3) is 0.246. The summed E-state index contributed by atoms with van der Waals surface area (Å²) >= 11 is 1.94. The van der Waals surface area contributed by atoms with Crippen LogP contribution in [0, 0.1) is 12.3 Å². The average Bonchev–Trinajstić information content (AvgIpc) is 3.75. The molecule has 0 unspecified atom stereocenters. The van der Waals surface area contributed by atoms with E-state index in [0.717, 1.165) is 13.0 Å². The van der Waals surface area contributed by atoms with Gasteiger partial charge in [-0.25, -0.2) is 0 Å². The first-order valence-corrected chi connectivity index (χ1v) is 23.6. The van der Waals surface area contributed by atoms with E-state index in [1.54, 1.807) is 0 Å². The minimum absolute atomic E-state index is 0.133. The van der Waals surface area contributed by atoms with E-state index in [2.05, 4.69) is 238 Å². The molecule has 0 bridgehead atoms. The Bertz CT molecular complexity index is 2710. The fourth-order valence-corrected chi connectivity index (χ4v) is 11.1. The first kappa shape index (κ1) is 46.5. The molecule has 0 N–H and O–H groups in total. The molecule has 0 fully saturated rings. The Balaban J connectivity index is 0.00000161. The van der Waals surface area contributed by atoms with E-state index < -0.39 is 5.41 Å². The minimum atomic E-state index is -0.469. The van der Waals surface area contributed by atoms with Crippen LogP contribution in [0.2, 0.25) is 0 Å². The topological polar surface area (TPSA) is 3.24 Å². The molecule has 0 saturated heterocycles. The van der Waals surface area contributed by atoms with Crippen molar-refractivity contribution >= 4 is 38.3 Å². The number of rotatable bonds is 10. The molecule has 3 aliphatic carbocycles. The summed E-state index contributed by atoms with van der Waals surface area (Å²) in [5, 5.41) is 1.36. The van der Waals surface area contributed by atoms with Crippen LogP contribution in [0.25, 0.3) is 21.2 Å². The van der Waals surface area contributed by atoms with Crippen molar-refractivity contribution in [2.24, 2.45) is 5.41 Å². The summed E-state index contributed by atoms with van der Waals surface area (Å²) in [6.07, 6.45) is 21.9. The molecule has 0 spiro atoms. The second-order valence-corrected chi connectivity index (χ2v) is 17.7. The molecule has 2 heteroatoms. The first-order valence-electron chi connectivity index (χ1n) is 22.7. The molecular formula is C61H67NS. The Morgan fingerprint density at radius 2 is 1.43 bits per heavy atom. The summed E-state index contributed by atoms with van der Waals surface area (Å²) in [5.41, 5.74) is 19.3. The van der Waals surface area contributed by atoms with E-state index in [4.69, 9.17) is 0 Å². The molecule has 8 rings (SSSR count). The maximum Gasteiger partial charge on any atom is 0.0710 e. The number of nitrogens with zero attached hydrogens (tertiary/aromatic N) is 1. The Hall–Kier alpha value is -5.96. The van der Waals surface area contributed by atoms with E-state index in [-0.39, 0.29) is 5.41 Å². The third-order valence-corrected chi connectivity index (χ3v) is 14.6. The second-order valence-electron chi connectivity index (χ2n) is 16.7. The number of hydrogen-bond donors (Lipinski definition) is 0. The predicted molar refractivity (Wildman–Crippen MR) is 281 cm³/mol. The van der Waals surface area contributed by atoms with Gasteiger partial charge in [0.05, 0.1) is 5.41 Å². The molecule has 1 heterocycles. The maximum atomic E-state index is 3.00. The summed E-state index contributed by atoms with van der Waals surface area (Å²) < 4.78 is 1.36. The van der Waals surface area contributed by atoms with Gasteiger partial charge in [-0.3, -0.25) is 0 Å². The Morgan fingerprint density at radius 3 is 2.03 bits per heavy atom. The third kappa shape index (κ3) is 8.23. The van der Waals surface area contributed by atoms with Crippen LogP contribution in [0.3, 0.4) is 0 Å². The molecule has 3 aliphatic rings. The number of hydrogen-bond acceptors (Lipinski definition) is 2. The lowest BCUT2D eigenvalue weighted by Crippen LogP contribution is -2.30. The van der Waals surface area contributed by atoms with E-state index in [0.29, 0.717) is 0 Å². The largest absolute Gasteiger partial charge is 0.338 e. The highest BCUT2D eigenvalue weighted by atomic mass is 32.1. The number of fused-ring (bicyclic) bond motifs is 3. The molecular weight excluding hydrogens is 779 g/mol. The standard InChI is InChI=1S/C57H57NS.C2H6.C2H4/c1-10-23-50-39(5)47-34-33-46(37-52(47)57(50,43-25-15-13-16-26-43)44-27-17-14-18-28-44)58(35-22-24-42(12-3)38(4)11-2)45-29-21-31-49-51(36-45)56(8,9)41(7)54(49)55-40(6)48-30-19-20-32-53(48)59-55;2*1-2/h10-20,22-34,36-37H,21,35H2,1-9H3;1-2H3;1-2H2/b23-10-,24-22-,38-11+,42-12+;;. The van der Waals surface area contributed by atoms with Crippen LogP contribution in [-0.4, -0.2) is 6.54 Å². The monoisotopic (exact) mass is 845 g/mol. The fourth-order valence-electron chi connectivity index (χ4n) is 9.81. The van der Waals surface area contributed by atoms with Crippen LogP contribution in [0.1, 0.15) is 108 Å². The van der Waals surface area contributed by atoms with Crippen LogP contribution in [0.15, 0.2) is 210 Å². The third-order valence-electron chi connectivity index (χ3n) is 13.3. The zero-order chi connectivity index (χ0) is 45.5. The molecule has 0 aliphatic heterocycles. The van der Waals surface area contributed by atoms with Crippen LogP contribution < -0.4 is 4.90 Å². The zero-order valence-corrected chi connectivity index (χ0v) is 40.5. The summed E-state index contributed by atoms with van der Waals surface area (Å²) in [7, 11) is 0. The van der Waals surface area contributed by atoms with Gasteiger partial charge in [-0.1, -0.05) is 167 Å². The van der Waals surface area contributed by atoms with Crippen molar-refractivity contribution in [3.05, 3.63) is 243 Å². The summed E-state index contributed by atoms with van der Waals surface area (Å²) in [5.74, 6) is 0. The maximum absolute atomic E-state index is 3.00. The van der Waals surface area contributed by atoms with E-state index in [9.17, 15) is 0 Å². The van der Waals surface area contributed by atoms with E-state index >= 15 is 0 Å². The van der Waals surface area contributed by atoms with Crippen molar-refractivity contribution in [2.75, 3.05) is 11.4 Å². The van der Waals surface area contributed by atoms with Gasteiger partial charge >= 0.3 is 0 Å². The molecule has 322 valence electrons. The van der Waals surface area contributed by atoms with Crippen LogP contribution in [0.5, 0.6) is 0 Å². The second kappa shape index (κ2) is 20.0. The predicted octanol–water partition coefficient (Wildman–Crippen LogP) is 17.7. The van der Waals surface area contributed by atoms with E-state index in [1.165, 1.54) is 98.7 Å². The number of allylic oxidation sites excluding steroid dienone is 16. The van der Waals surface area contributed by atoms with Gasteiger partial charge in [-0.15, -0.1) is 24.5 Å². The minimum Gasteiger partial charge on any atom is -0.338 e. The van der Waals surface area contributed by atoms with Gasteiger partial charge in [0.1, 0.15) is 0 Å². The van der Waals surface area contributed by atoms with Crippen LogP contribution >= 0.6 is 11.3 Å². The van der Waals surface area contributed by atoms with Crippen molar-refractivity contribution < 1.29 is 0 Å². The highest BCUT2D eigenvalue weighted by Gasteiger charge is 2.46. The van der Waals surface area contributed by atoms with Gasteiger partial charge < -0.3 is 4.90 Å². The smallest absolute Gasteiger partial charge is 0.0710 e. The number of anilines is 1. The Kier molecular flexibility index (Phi) is 14.8. The lowest BCUT2D eigenvalue weighted by atomic mass is 9.66. The number of thiophene rings is 1. The van der Waals surface area contributed by atoms with Crippen molar-refractivity contribution in [2.45, 2.75) is 88.0 Å². The molecule has 0 atom stereocenters. The molecule has 5 aromatic rings. The van der Waals surface area contributed by atoms with Gasteiger partial charge in [-0.05, 0) is 151 Å². The van der Waals surface area contributed by atoms with Gasteiger partial charge in [0.25, 0.3) is 0 Å². The van der Waals surface area contributed by atoms with Gasteiger partial charge in [0.15, 0.2) is 0 Å². The molecule has 0 radical (unpaired) electrons. The molecule has 1 aromatic heterocycles. The van der Waals surface area contributed by atoms with Crippen molar-refractivity contribution in [3.63, 3.8) is 0 Å². The summed E-state index contributed by atoms with van der Waals surface area (Å²) in [6.45, 7) is 31.1. The number of aryl methyl sites for hydroxylation is 1. The van der Waals surface area contributed by atoms with Crippen molar-refractivity contribution in [1.29, 1.82) is 0 Å². The van der Waals surface area contributed by atoms with Crippen molar-refractivity contribution in [1.82, 2.24) is 0 Å². The zero-order valence-electron chi connectivity index (χ0n) is 39.7. The van der Waals surface area contributed by atoms with Gasteiger partial charge in [0.2, 0.25) is 0 Å².